The summed E-state index contributed by atoms with van der Waals surface area (Å²) in [4.78, 5) is 71.2. The number of aliphatic hydroxyl groups is 1. The molecule has 3 N–H and O–H groups in total. The molecule has 0 aromatic heterocycles. The smallest absolute Gasteiger partial charge is 0.462 e. The third-order valence-electron chi connectivity index (χ3n) is 12.3. The zero-order valence-electron chi connectivity index (χ0n) is 46.3. The molecule has 5 atom stereocenters. The van der Waals surface area contributed by atoms with Crippen LogP contribution in [0.2, 0.25) is 0 Å². The molecule has 0 aliphatic heterocycles. The van der Waals surface area contributed by atoms with E-state index in [1.807, 2.05) is 0 Å². The normalized spacial score (nSPS) is 14.5. The number of hydrogen-bond acceptors (Lipinski definition) is 15. The van der Waals surface area contributed by atoms with E-state index in [1.165, 1.54) is 51.4 Å². The molecule has 0 amide bonds. The Labute approximate surface area is 441 Å². The van der Waals surface area contributed by atoms with Crippen LogP contribution in [0, 0.1) is 5.92 Å². The molecule has 0 spiro atoms. The van der Waals surface area contributed by atoms with Gasteiger partial charge < -0.3 is 33.8 Å². The van der Waals surface area contributed by atoms with Crippen LogP contribution < -0.4 is 0 Å². The monoisotopic (exact) mass is 1090 g/mol. The second-order valence-electron chi connectivity index (χ2n) is 20.1. The van der Waals surface area contributed by atoms with Crippen LogP contribution in [-0.2, 0) is 65.4 Å². The van der Waals surface area contributed by atoms with Gasteiger partial charge >= 0.3 is 39.5 Å². The number of phosphoric ester groups is 2. The van der Waals surface area contributed by atoms with Gasteiger partial charge in [-0.15, -0.1) is 0 Å². The maximum Gasteiger partial charge on any atom is 0.472 e. The van der Waals surface area contributed by atoms with E-state index in [2.05, 4.69) is 34.6 Å². The van der Waals surface area contributed by atoms with Gasteiger partial charge in [-0.2, -0.15) is 0 Å². The van der Waals surface area contributed by atoms with Crippen LogP contribution in [0.5, 0.6) is 0 Å². The summed E-state index contributed by atoms with van der Waals surface area (Å²) in [5, 5.41) is 10.4. The first kappa shape index (κ1) is 71.1. The minimum absolute atomic E-state index is 0.103. The van der Waals surface area contributed by atoms with Crippen LogP contribution in [-0.4, -0.2) is 96.7 Å². The van der Waals surface area contributed by atoms with Crippen molar-refractivity contribution in [3.05, 3.63) is 0 Å². The van der Waals surface area contributed by atoms with Gasteiger partial charge in [0.05, 0.1) is 26.4 Å². The zero-order valence-corrected chi connectivity index (χ0v) is 48.0. The topological polar surface area (TPSA) is 237 Å². The number of rotatable bonds is 54. The van der Waals surface area contributed by atoms with E-state index in [-0.39, 0.29) is 25.7 Å². The SMILES string of the molecule is CCCCCCCCCC(=O)OC[C@H](COP(=O)(O)OC[C@@H](O)COP(=O)(O)OC[C@@H](COC(=O)CCCCCCC)OC(=O)CCCCCCCCC)OC(=O)CCCCCCCCCCCCCC(C)C. The standard InChI is InChI=1S/C54H104O17P2/c1-6-9-12-15-22-28-33-38-52(57)65-44-50(71-54(59)40-35-30-25-21-19-17-18-20-24-27-31-36-47(4)5)46-69-73(62,63)67-42-48(55)41-66-72(60,61)68-45-49(43-64-51(56)37-32-26-14-11-8-3)70-53(58)39-34-29-23-16-13-10-7-2/h47-50,55H,6-46H2,1-5H3,(H,60,61)(H,62,63)/t48-,49+,50+/m0/s1. The molecule has 0 aromatic carbocycles. The zero-order chi connectivity index (χ0) is 54.3. The fraction of sp³-hybridized carbons (Fsp3) is 0.926. The van der Waals surface area contributed by atoms with E-state index in [0.717, 1.165) is 128 Å². The lowest BCUT2D eigenvalue weighted by atomic mass is 10.0. The minimum atomic E-state index is -4.93. The predicted octanol–water partition coefficient (Wildman–Crippen LogP) is 13.9. The third kappa shape index (κ3) is 49.4. The van der Waals surface area contributed by atoms with Crippen molar-refractivity contribution >= 4 is 39.5 Å². The summed E-state index contributed by atoms with van der Waals surface area (Å²) in [6.07, 6.45) is 28.6. The fourth-order valence-electron chi connectivity index (χ4n) is 7.81. The number of carbonyl (C=O) groups excluding carboxylic acids is 4. The van der Waals surface area contributed by atoms with E-state index < -0.39 is 97.5 Å². The van der Waals surface area contributed by atoms with Crippen LogP contribution in [0.1, 0.15) is 259 Å². The average Bonchev–Trinajstić information content (AvgIpc) is 3.35. The molecule has 0 rings (SSSR count). The molecule has 432 valence electrons. The van der Waals surface area contributed by atoms with Gasteiger partial charge in [0.15, 0.2) is 12.2 Å². The highest BCUT2D eigenvalue weighted by Gasteiger charge is 2.30. The number of ether oxygens (including phenoxy) is 4. The van der Waals surface area contributed by atoms with Crippen LogP contribution in [0.15, 0.2) is 0 Å². The fourth-order valence-corrected chi connectivity index (χ4v) is 9.39. The molecular formula is C54H104O17P2. The Kier molecular flexibility index (Phi) is 47.1. The molecule has 0 saturated carbocycles. The number of phosphoric acid groups is 2. The lowest BCUT2D eigenvalue weighted by Gasteiger charge is -2.21. The Morgan fingerprint density at radius 2 is 0.630 bits per heavy atom. The Morgan fingerprint density at radius 3 is 0.932 bits per heavy atom. The van der Waals surface area contributed by atoms with Gasteiger partial charge in [0.25, 0.3) is 0 Å². The molecule has 0 aromatic rings. The number of carbonyl (C=O) groups is 4. The minimum Gasteiger partial charge on any atom is -0.462 e. The van der Waals surface area contributed by atoms with Gasteiger partial charge in [-0.1, -0.05) is 208 Å². The molecule has 0 radical (unpaired) electrons. The highest BCUT2D eigenvalue weighted by molar-refractivity contribution is 7.47. The molecule has 17 nitrogen and oxygen atoms in total. The van der Waals surface area contributed by atoms with Crippen LogP contribution in [0.4, 0.5) is 0 Å². The van der Waals surface area contributed by atoms with Gasteiger partial charge in [-0.3, -0.25) is 37.3 Å². The summed E-state index contributed by atoms with van der Waals surface area (Å²) in [6.45, 7) is 6.94. The summed E-state index contributed by atoms with van der Waals surface area (Å²) in [7, 11) is -9.85. The average molecular weight is 1090 g/mol. The number of esters is 4. The first-order valence-electron chi connectivity index (χ1n) is 28.6. The molecule has 73 heavy (non-hydrogen) atoms. The van der Waals surface area contributed by atoms with Crippen molar-refractivity contribution in [1.82, 2.24) is 0 Å². The second-order valence-corrected chi connectivity index (χ2v) is 23.0. The van der Waals surface area contributed by atoms with Crippen molar-refractivity contribution in [2.45, 2.75) is 278 Å². The van der Waals surface area contributed by atoms with Gasteiger partial charge in [0, 0.05) is 25.7 Å². The Bertz CT molecular complexity index is 1450. The van der Waals surface area contributed by atoms with Crippen molar-refractivity contribution < 1.29 is 80.2 Å². The van der Waals surface area contributed by atoms with E-state index in [9.17, 15) is 43.2 Å². The molecule has 2 unspecified atom stereocenters. The van der Waals surface area contributed by atoms with Crippen molar-refractivity contribution in [2.75, 3.05) is 39.6 Å². The molecular weight excluding hydrogens is 983 g/mol. The molecule has 19 heteroatoms. The Morgan fingerprint density at radius 1 is 0.370 bits per heavy atom. The van der Waals surface area contributed by atoms with E-state index in [4.69, 9.17) is 37.0 Å². The summed E-state index contributed by atoms with van der Waals surface area (Å²) < 4.78 is 67.2. The summed E-state index contributed by atoms with van der Waals surface area (Å²) in [5.41, 5.74) is 0. The maximum absolute atomic E-state index is 12.9. The number of unbranched alkanes of at least 4 members (excludes halogenated alkanes) is 26. The van der Waals surface area contributed by atoms with Gasteiger partial charge in [0.2, 0.25) is 0 Å². The van der Waals surface area contributed by atoms with Gasteiger partial charge in [-0.05, 0) is 31.6 Å². The Balaban J connectivity index is 5.13. The molecule has 0 saturated heterocycles. The largest absolute Gasteiger partial charge is 0.472 e. The maximum atomic E-state index is 12.9. The first-order chi connectivity index (χ1) is 35.0. The van der Waals surface area contributed by atoms with E-state index in [1.54, 1.807) is 0 Å². The molecule has 0 aliphatic rings. The predicted molar refractivity (Wildman–Crippen MR) is 285 cm³/mol. The van der Waals surface area contributed by atoms with Crippen molar-refractivity contribution in [3.8, 4) is 0 Å². The Hall–Kier alpha value is -1.94. The lowest BCUT2D eigenvalue weighted by Crippen LogP contribution is -2.30. The molecule has 0 aliphatic carbocycles. The first-order valence-corrected chi connectivity index (χ1v) is 31.6. The summed E-state index contributed by atoms with van der Waals surface area (Å²) >= 11 is 0. The lowest BCUT2D eigenvalue weighted by molar-refractivity contribution is -0.161. The number of hydrogen-bond donors (Lipinski definition) is 3. The van der Waals surface area contributed by atoms with Gasteiger partial charge in [0.1, 0.15) is 19.3 Å². The summed E-state index contributed by atoms with van der Waals surface area (Å²) in [6, 6.07) is 0. The van der Waals surface area contributed by atoms with Crippen LogP contribution in [0.3, 0.4) is 0 Å². The third-order valence-corrected chi connectivity index (χ3v) is 14.2. The highest BCUT2D eigenvalue weighted by atomic mass is 31.2. The second kappa shape index (κ2) is 48.4. The van der Waals surface area contributed by atoms with E-state index >= 15 is 0 Å². The van der Waals surface area contributed by atoms with Gasteiger partial charge in [-0.25, -0.2) is 9.13 Å². The molecule has 0 heterocycles. The summed E-state index contributed by atoms with van der Waals surface area (Å²) in [5.74, 6) is -1.40. The highest BCUT2D eigenvalue weighted by Crippen LogP contribution is 2.45. The number of aliphatic hydroxyl groups excluding tert-OH is 1. The van der Waals surface area contributed by atoms with Crippen molar-refractivity contribution in [1.29, 1.82) is 0 Å². The van der Waals surface area contributed by atoms with Crippen molar-refractivity contribution in [3.63, 3.8) is 0 Å². The van der Waals surface area contributed by atoms with E-state index in [0.29, 0.717) is 25.7 Å². The molecule has 0 fully saturated rings. The van der Waals surface area contributed by atoms with Crippen LogP contribution in [0.25, 0.3) is 0 Å². The van der Waals surface area contributed by atoms with Crippen LogP contribution >= 0.6 is 15.6 Å². The van der Waals surface area contributed by atoms with Crippen molar-refractivity contribution in [2.24, 2.45) is 5.92 Å². The molecule has 0 bridgehead atoms. The quantitative estimate of drug-likeness (QED) is 0.0222.